The van der Waals surface area contributed by atoms with E-state index in [9.17, 15) is 9.18 Å². The molecule has 1 aliphatic heterocycles. The van der Waals surface area contributed by atoms with Crippen molar-refractivity contribution in [3.63, 3.8) is 0 Å². The Hall–Kier alpha value is -4.33. The van der Waals surface area contributed by atoms with E-state index in [1.807, 2.05) is 37.3 Å². The van der Waals surface area contributed by atoms with E-state index in [2.05, 4.69) is 43.6 Å². The molecule has 0 radical (unpaired) electrons. The Morgan fingerprint density at radius 1 is 1.06 bits per heavy atom. The summed E-state index contributed by atoms with van der Waals surface area (Å²) in [6, 6.07) is 21.9. The van der Waals surface area contributed by atoms with Crippen LogP contribution in [0.3, 0.4) is 0 Å². The zero-order chi connectivity index (χ0) is 23.9. The highest BCUT2D eigenvalue weighted by Crippen LogP contribution is 2.37. The van der Waals surface area contributed by atoms with Gasteiger partial charge in [-0.3, -0.25) is 4.79 Å². The number of rotatable bonds is 5. The number of para-hydroxylation sites is 1. The molecule has 35 heavy (non-hydrogen) atoms. The number of aryl methyl sites for hydroxylation is 1. The Labute approximate surface area is 200 Å². The van der Waals surface area contributed by atoms with Crippen molar-refractivity contribution in [1.29, 1.82) is 0 Å². The van der Waals surface area contributed by atoms with Crippen LogP contribution in [0, 0.1) is 12.7 Å². The number of nitrogens with one attached hydrogen (secondary N) is 1. The monoisotopic (exact) mass is 466 g/mol. The van der Waals surface area contributed by atoms with Crippen molar-refractivity contribution in [2.45, 2.75) is 25.9 Å². The summed E-state index contributed by atoms with van der Waals surface area (Å²) in [5.41, 5.74) is 5.46. The van der Waals surface area contributed by atoms with Crippen molar-refractivity contribution in [2.75, 3.05) is 11.4 Å². The second kappa shape index (κ2) is 8.47. The van der Waals surface area contributed by atoms with Crippen LogP contribution in [-0.2, 0) is 13.0 Å². The molecule has 174 valence electrons. The fourth-order valence-electron chi connectivity index (χ4n) is 4.91. The van der Waals surface area contributed by atoms with Crippen LogP contribution in [0.25, 0.3) is 10.9 Å². The van der Waals surface area contributed by atoms with Gasteiger partial charge >= 0.3 is 0 Å². The number of benzene rings is 3. The van der Waals surface area contributed by atoms with E-state index in [0.717, 1.165) is 40.7 Å². The highest BCUT2D eigenvalue weighted by atomic mass is 19.1. The van der Waals surface area contributed by atoms with Crippen LogP contribution in [0.5, 0.6) is 0 Å². The number of nitrogens with zero attached hydrogens (tertiary/aromatic N) is 5. The van der Waals surface area contributed by atoms with Crippen LogP contribution in [0.4, 0.5) is 10.1 Å². The standard InChI is InChI=1S/C27H23FN6O/c1-17-6-11-23-20(14-17)15-22(27(35)29-23)25(33-13-12-19-4-2-3-5-24(19)33)26-30-31-32-34(26)16-18-7-9-21(28)10-8-18/h2-11,14-15,25H,12-13,16H2,1H3,(H,29,35)/t25-/m1/s1. The van der Waals surface area contributed by atoms with E-state index in [4.69, 9.17) is 0 Å². The number of H-pyrrole nitrogens is 1. The summed E-state index contributed by atoms with van der Waals surface area (Å²) < 4.78 is 15.1. The molecule has 0 spiro atoms. The fraction of sp³-hybridized carbons (Fsp3) is 0.185. The van der Waals surface area contributed by atoms with Crippen molar-refractivity contribution < 1.29 is 4.39 Å². The van der Waals surface area contributed by atoms with Crippen LogP contribution < -0.4 is 10.5 Å². The number of aromatic nitrogens is 5. The fourth-order valence-corrected chi connectivity index (χ4v) is 4.91. The third kappa shape index (κ3) is 3.86. The second-order valence-corrected chi connectivity index (χ2v) is 8.94. The highest BCUT2D eigenvalue weighted by Gasteiger charge is 2.34. The Balaban J connectivity index is 1.52. The molecule has 8 heteroatoms. The minimum atomic E-state index is -0.497. The lowest BCUT2D eigenvalue weighted by atomic mass is 10.0. The number of hydrogen-bond acceptors (Lipinski definition) is 5. The van der Waals surface area contributed by atoms with Crippen LogP contribution >= 0.6 is 0 Å². The molecule has 0 fully saturated rings. The summed E-state index contributed by atoms with van der Waals surface area (Å²) in [7, 11) is 0. The maximum Gasteiger partial charge on any atom is 0.254 e. The average Bonchev–Trinajstić information content (AvgIpc) is 3.49. The number of halogens is 1. The zero-order valence-corrected chi connectivity index (χ0v) is 19.1. The first-order valence-electron chi connectivity index (χ1n) is 11.6. The quantitative estimate of drug-likeness (QED) is 0.421. The molecule has 0 saturated heterocycles. The van der Waals surface area contributed by atoms with Gasteiger partial charge in [0.1, 0.15) is 11.9 Å². The van der Waals surface area contributed by atoms with Gasteiger partial charge in [0.25, 0.3) is 5.56 Å². The van der Waals surface area contributed by atoms with E-state index in [1.54, 1.807) is 16.8 Å². The molecule has 0 aliphatic carbocycles. The topological polar surface area (TPSA) is 79.7 Å². The van der Waals surface area contributed by atoms with E-state index in [-0.39, 0.29) is 11.4 Å². The van der Waals surface area contributed by atoms with E-state index < -0.39 is 6.04 Å². The number of hydrogen-bond donors (Lipinski definition) is 1. The normalized spacial score (nSPS) is 13.8. The van der Waals surface area contributed by atoms with Gasteiger partial charge < -0.3 is 9.88 Å². The van der Waals surface area contributed by atoms with Crippen LogP contribution in [0.1, 0.15) is 34.1 Å². The number of anilines is 1. The molecule has 5 aromatic rings. The number of tetrazole rings is 1. The minimum Gasteiger partial charge on any atom is -0.357 e. The van der Waals surface area contributed by atoms with Gasteiger partial charge in [0.15, 0.2) is 5.82 Å². The zero-order valence-electron chi connectivity index (χ0n) is 19.1. The molecule has 3 heterocycles. The SMILES string of the molecule is Cc1ccc2[nH]c(=O)c([C@H](c3nnnn3Cc3ccc(F)cc3)N3CCc4ccccc43)cc2c1. The third-order valence-corrected chi connectivity index (χ3v) is 6.61. The molecule has 2 aromatic heterocycles. The molecule has 0 amide bonds. The Morgan fingerprint density at radius 3 is 2.74 bits per heavy atom. The molecule has 0 bridgehead atoms. The molecule has 1 N–H and O–H groups in total. The first kappa shape index (κ1) is 21.2. The highest BCUT2D eigenvalue weighted by molar-refractivity contribution is 5.80. The Kier molecular flexibility index (Phi) is 5.13. The molecule has 3 aromatic carbocycles. The Morgan fingerprint density at radius 2 is 1.89 bits per heavy atom. The molecule has 0 saturated carbocycles. The first-order chi connectivity index (χ1) is 17.1. The van der Waals surface area contributed by atoms with Crippen LogP contribution in [0.2, 0.25) is 0 Å². The maximum atomic E-state index is 13.4. The number of pyridine rings is 1. The predicted octanol–water partition coefficient (Wildman–Crippen LogP) is 4.16. The van der Waals surface area contributed by atoms with Crippen molar-refractivity contribution in [3.8, 4) is 0 Å². The number of aromatic amines is 1. The predicted molar refractivity (Wildman–Crippen MR) is 132 cm³/mol. The summed E-state index contributed by atoms with van der Waals surface area (Å²) in [5, 5.41) is 13.6. The van der Waals surface area contributed by atoms with Crippen molar-refractivity contribution in [2.24, 2.45) is 0 Å². The summed E-state index contributed by atoms with van der Waals surface area (Å²) in [4.78, 5) is 18.7. The van der Waals surface area contributed by atoms with Crippen LogP contribution in [0.15, 0.2) is 77.6 Å². The molecule has 0 unspecified atom stereocenters. The van der Waals surface area contributed by atoms with Gasteiger partial charge in [0.05, 0.1) is 6.54 Å². The molecule has 7 nitrogen and oxygen atoms in total. The average molecular weight is 467 g/mol. The lowest BCUT2D eigenvalue weighted by molar-refractivity contribution is 0.576. The summed E-state index contributed by atoms with van der Waals surface area (Å²) in [5.74, 6) is 0.263. The molecule has 1 aliphatic rings. The van der Waals surface area contributed by atoms with Gasteiger partial charge in [0.2, 0.25) is 0 Å². The van der Waals surface area contributed by atoms with Gasteiger partial charge in [0, 0.05) is 23.3 Å². The van der Waals surface area contributed by atoms with Crippen molar-refractivity contribution in [1.82, 2.24) is 25.2 Å². The summed E-state index contributed by atoms with van der Waals surface area (Å²) in [6.07, 6.45) is 0.872. The van der Waals surface area contributed by atoms with E-state index >= 15 is 0 Å². The first-order valence-corrected chi connectivity index (χ1v) is 11.6. The van der Waals surface area contributed by atoms with Gasteiger partial charge in [-0.2, -0.15) is 0 Å². The molecular weight excluding hydrogens is 443 g/mol. The van der Waals surface area contributed by atoms with Crippen LogP contribution in [-0.4, -0.2) is 31.7 Å². The molecular formula is C27H23FN6O. The Bertz CT molecular complexity index is 1590. The van der Waals surface area contributed by atoms with Gasteiger partial charge in [-0.25, -0.2) is 9.07 Å². The smallest absolute Gasteiger partial charge is 0.254 e. The second-order valence-electron chi connectivity index (χ2n) is 8.94. The van der Waals surface area contributed by atoms with Crippen molar-refractivity contribution in [3.05, 3.63) is 117 Å². The molecule has 1 atom stereocenters. The van der Waals surface area contributed by atoms with E-state index in [0.29, 0.717) is 17.9 Å². The summed E-state index contributed by atoms with van der Waals surface area (Å²) in [6.45, 7) is 3.12. The van der Waals surface area contributed by atoms with E-state index in [1.165, 1.54) is 17.7 Å². The maximum absolute atomic E-state index is 13.4. The summed E-state index contributed by atoms with van der Waals surface area (Å²) >= 11 is 0. The third-order valence-electron chi connectivity index (χ3n) is 6.61. The minimum absolute atomic E-state index is 0.174. The number of fused-ring (bicyclic) bond motifs is 2. The largest absolute Gasteiger partial charge is 0.357 e. The van der Waals surface area contributed by atoms with Crippen molar-refractivity contribution >= 4 is 16.6 Å². The molecule has 6 rings (SSSR count). The lowest BCUT2D eigenvalue weighted by Gasteiger charge is -2.29. The van der Waals surface area contributed by atoms with Gasteiger partial charge in [-0.15, -0.1) is 5.10 Å². The lowest BCUT2D eigenvalue weighted by Crippen LogP contribution is -2.34. The van der Waals surface area contributed by atoms with Gasteiger partial charge in [-0.1, -0.05) is 42.0 Å². The van der Waals surface area contributed by atoms with Gasteiger partial charge in [-0.05, 0) is 76.7 Å².